The van der Waals surface area contributed by atoms with Crippen LogP contribution in [0, 0.1) is 4.51 Å². The van der Waals surface area contributed by atoms with Crippen LogP contribution in [0.2, 0.25) is 5.02 Å². The molecule has 7 heteroatoms. The highest BCUT2D eigenvalue weighted by molar-refractivity contribution is 9.11. The molecular formula is C15H10BrClN2S3. The molecule has 0 aliphatic heterocycles. The maximum Gasteiger partial charge on any atom is 0.109 e. The maximum atomic E-state index is 5.88. The van der Waals surface area contributed by atoms with Crippen molar-refractivity contribution in [2.45, 2.75) is 6.54 Å². The standard InChI is InChI=1S/C15H10BrClN2S3/c16-12-5-10-13(20)11(7-19-15(10)22-12)14(21)18-6-8-1-3-9(17)4-2-8/h1-5,7H,6H2,(H,18,21)(H,19,20). The van der Waals surface area contributed by atoms with E-state index in [0.717, 1.165) is 34.7 Å². The van der Waals surface area contributed by atoms with Crippen LogP contribution in [0.15, 0.2) is 40.3 Å². The predicted octanol–water partition coefficient (Wildman–Crippen LogP) is 5.84. The van der Waals surface area contributed by atoms with E-state index < -0.39 is 0 Å². The van der Waals surface area contributed by atoms with E-state index in [4.69, 9.17) is 36.0 Å². The zero-order valence-corrected chi connectivity index (χ0v) is 15.9. The van der Waals surface area contributed by atoms with Gasteiger partial charge in [-0.15, -0.1) is 11.3 Å². The molecule has 0 amide bonds. The lowest BCUT2D eigenvalue weighted by molar-refractivity contribution is 0.928. The Labute approximate surface area is 155 Å². The SMILES string of the molecule is S=C(NCc1ccc(Cl)cc1)c1c[nH]c2sc(Br)cc2c1=S. The van der Waals surface area contributed by atoms with E-state index in [2.05, 4.69) is 26.2 Å². The molecule has 0 atom stereocenters. The summed E-state index contributed by atoms with van der Waals surface area (Å²) in [5.74, 6) is 0. The number of rotatable bonds is 3. The lowest BCUT2D eigenvalue weighted by atomic mass is 10.2. The third-order valence-electron chi connectivity index (χ3n) is 3.15. The number of pyridine rings is 1. The topological polar surface area (TPSA) is 27.8 Å². The highest BCUT2D eigenvalue weighted by Gasteiger charge is 2.09. The van der Waals surface area contributed by atoms with Crippen molar-refractivity contribution in [3.05, 3.63) is 61.0 Å². The quantitative estimate of drug-likeness (QED) is 0.512. The molecule has 2 nitrogen and oxygen atoms in total. The van der Waals surface area contributed by atoms with Gasteiger partial charge in [0.15, 0.2) is 0 Å². The summed E-state index contributed by atoms with van der Waals surface area (Å²) in [6.45, 7) is 0.635. The lowest BCUT2D eigenvalue weighted by Crippen LogP contribution is -2.22. The molecule has 2 heterocycles. The van der Waals surface area contributed by atoms with Crippen molar-refractivity contribution in [1.29, 1.82) is 0 Å². The van der Waals surface area contributed by atoms with Gasteiger partial charge in [0.05, 0.1) is 8.30 Å². The van der Waals surface area contributed by atoms with Crippen LogP contribution in [0.4, 0.5) is 0 Å². The van der Waals surface area contributed by atoms with Gasteiger partial charge in [-0.25, -0.2) is 0 Å². The number of benzene rings is 1. The number of thiocarbonyl (C=S) groups is 1. The Hall–Kier alpha value is -0.790. The third kappa shape index (κ3) is 3.41. The highest BCUT2D eigenvalue weighted by atomic mass is 79.9. The first-order chi connectivity index (χ1) is 10.5. The minimum absolute atomic E-state index is 0.635. The van der Waals surface area contributed by atoms with Crippen molar-refractivity contribution >= 4 is 78.5 Å². The van der Waals surface area contributed by atoms with Gasteiger partial charge in [-0.05, 0) is 39.7 Å². The minimum atomic E-state index is 0.635. The molecule has 0 fully saturated rings. The van der Waals surface area contributed by atoms with E-state index in [9.17, 15) is 0 Å². The first-order valence-electron chi connectivity index (χ1n) is 6.38. The van der Waals surface area contributed by atoms with E-state index in [0.29, 0.717) is 11.5 Å². The summed E-state index contributed by atoms with van der Waals surface area (Å²) < 4.78 is 1.81. The Morgan fingerprint density at radius 3 is 2.77 bits per heavy atom. The number of halogens is 2. The molecule has 0 saturated heterocycles. The lowest BCUT2D eigenvalue weighted by Gasteiger charge is -2.09. The average Bonchev–Trinajstić information content (AvgIpc) is 2.88. The summed E-state index contributed by atoms with van der Waals surface area (Å²) >= 11 is 22.0. The van der Waals surface area contributed by atoms with Gasteiger partial charge < -0.3 is 10.3 Å². The van der Waals surface area contributed by atoms with Crippen LogP contribution in [0.3, 0.4) is 0 Å². The molecule has 0 aliphatic carbocycles. The monoisotopic (exact) mass is 428 g/mol. The predicted molar refractivity (Wildman–Crippen MR) is 105 cm³/mol. The maximum absolute atomic E-state index is 5.88. The first kappa shape index (κ1) is 16.1. The molecule has 0 unspecified atom stereocenters. The highest BCUT2D eigenvalue weighted by Crippen LogP contribution is 2.29. The molecule has 1 aromatic carbocycles. The second-order valence-electron chi connectivity index (χ2n) is 4.63. The number of aromatic amines is 1. The number of hydrogen-bond acceptors (Lipinski definition) is 3. The number of fused-ring (bicyclic) bond motifs is 1. The van der Waals surface area contributed by atoms with Crippen LogP contribution in [0.5, 0.6) is 0 Å². The van der Waals surface area contributed by atoms with Gasteiger partial charge in [0, 0.05) is 28.7 Å². The van der Waals surface area contributed by atoms with Crippen LogP contribution in [-0.4, -0.2) is 9.97 Å². The van der Waals surface area contributed by atoms with Crippen molar-refractivity contribution < 1.29 is 0 Å². The van der Waals surface area contributed by atoms with Gasteiger partial charge in [-0.2, -0.15) is 0 Å². The fraction of sp³-hybridized carbons (Fsp3) is 0.0667. The molecule has 0 spiro atoms. The molecule has 0 aliphatic rings. The zero-order valence-electron chi connectivity index (χ0n) is 11.2. The summed E-state index contributed by atoms with van der Waals surface area (Å²) in [6.07, 6.45) is 1.87. The van der Waals surface area contributed by atoms with Crippen LogP contribution < -0.4 is 5.32 Å². The van der Waals surface area contributed by atoms with Gasteiger partial charge in [0.25, 0.3) is 0 Å². The number of thiophene rings is 1. The summed E-state index contributed by atoms with van der Waals surface area (Å²) in [5, 5.41) is 4.98. The molecular weight excluding hydrogens is 420 g/mol. The fourth-order valence-electron chi connectivity index (χ4n) is 2.03. The van der Waals surface area contributed by atoms with Crippen molar-refractivity contribution in [2.75, 3.05) is 0 Å². The number of nitrogens with one attached hydrogen (secondary N) is 2. The molecule has 2 N–H and O–H groups in total. The molecule has 0 radical (unpaired) electrons. The smallest absolute Gasteiger partial charge is 0.109 e. The Morgan fingerprint density at radius 1 is 1.32 bits per heavy atom. The molecule has 2 aromatic heterocycles. The van der Waals surface area contributed by atoms with Crippen LogP contribution in [0.1, 0.15) is 11.1 Å². The Balaban J connectivity index is 1.81. The molecule has 0 saturated carbocycles. The summed E-state index contributed by atoms with van der Waals surface area (Å²) in [5.41, 5.74) is 1.96. The largest absolute Gasteiger partial charge is 0.372 e. The van der Waals surface area contributed by atoms with E-state index in [-0.39, 0.29) is 0 Å². The van der Waals surface area contributed by atoms with E-state index >= 15 is 0 Å². The summed E-state index contributed by atoms with van der Waals surface area (Å²) in [7, 11) is 0. The van der Waals surface area contributed by atoms with E-state index in [1.54, 1.807) is 11.3 Å². The van der Waals surface area contributed by atoms with E-state index in [1.807, 2.05) is 36.5 Å². The average molecular weight is 430 g/mol. The van der Waals surface area contributed by atoms with Gasteiger partial charge in [-0.1, -0.05) is 48.2 Å². The molecule has 3 aromatic rings. The second kappa shape index (κ2) is 6.76. The summed E-state index contributed by atoms with van der Waals surface area (Å²) in [6, 6.07) is 9.69. The zero-order chi connectivity index (χ0) is 15.7. The van der Waals surface area contributed by atoms with Gasteiger partial charge in [-0.3, -0.25) is 0 Å². The van der Waals surface area contributed by atoms with Crippen LogP contribution in [-0.2, 0) is 6.54 Å². The fourth-order valence-corrected chi connectivity index (χ4v) is 4.32. The Kier molecular flexibility index (Phi) is 4.94. The van der Waals surface area contributed by atoms with Crippen LogP contribution >= 0.6 is 63.3 Å². The molecule has 112 valence electrons. The normalized spacial score (nSPS) is 10.8. The minimum Gasteiger partial charge on any atom is -0.372 e. The van der Waals surface area contributed by atoms with E-state index in [1.165, 1.54) is 0 Å². The van der Waals surface area contributed by atoms with Gasteiger partial charge in [0.2, 0.25) is 0 Å². The number of H-pyrrole nitrogens is 1. The first-order valence-corrected chi connectivity index (χ1v) is 9.18. The molecule has 3 rings (SSSR count). The van der Waals surface area contributed by atoms with Crippen molar-refractivity contribution in [3.8, 4) is 0 Å². The third-order valence-corrected chi connectivity index (χ3v) is 5.78. The van der Waals surface area contributed by atoms with Crippen molar-refractivity contribution in [2.24, 2.45) is 0 Å². The van der Waals surface area contributed by atoms with Gasteiger partial charge in [0.1, 0.15) is 9.82 Å². The Bertz CT molecular complexity index is 899. The number of hydrogen-bond donors (Lipinski definition) is 2. The Morgan fingerprint density at radius 2 is 2.05 bits per heavy atom. The molecule has 22 heavy (non-hydrogen) atoms. The van der Waals surface area contributed by atoms with Crippen molar-refractivity contribution in [3.63, 3.8) is 0 Å². The number of aromatic nitrogens is 1. The van der Waals surface area contributed by atoms with Crippen LogP contribution in [0.25, 0.3) is 10.2 Å². The molecule has 0 bridgehead atoms. The second-order valence-corrected chi connectivity index (χ2v) is 8.32. The van der Waals surface area contributed by atoms with Crippen molar-refractivity contribution in [1.82, 2.24) is 10.3 Å². The summed E-state index contributed by atoms with van der Waals surface area (Å²) in [4.78, 5) is 4.93. The van der Waals surface area contributed by atoms with Gasteiger partial charge >= 0.3 is 0 Å².